The van der Waals surface area contributed by atoms with E-state index in [1.807, 2.05) is 24.3 Å². The Kier molecular flexibility index (Phi) is 7.09. The summed E-state index contributed by atoms with van der Waals surface area (Å²) in [6.07, 6.45) is 2.31. The normalized spacial score (nSPS) is 19.9. The average molecular weight is 472 g/mol. The van der Waals surface area contributed by atoms with E-state index in [0.29, 0.717) is 51.1 Å². The number of hydrogen-bond donors (Lipinski definition) is 1. The molecule has 9 heteroatoms. The van der Waals surface area contributed by atoms with Gasteiger partial charge in [-0.2, -0.15) is 0 Å². The quantitative estimate of drug-likeness (QED) is 0.703. The number of methoxy groups -OCH3 is 1. The molecule has 7 nitrogen and oxygen atoms in total. The van der Waals surface area contributed by atoms with Gasteiger partial charge in [0.1, 0.15) is 17.8 Å². The van der Waals surface area contributed by atoms with Crippen LogP contribution in [0.25, 0.3) is 0 Å². The number of likely N-dealkylation sites (tertiary alicyclic amines) is 2. The molecule has 2 aromatic carbocycles. The van der Waals surface area contributed by atoms with E-state index in [-0.39, 0.29) is 17.4 Å². The molecule has 2 heterocycles. The largest absolute Gasteiger partial charge is 0.497 e. The Morgan fingerprint density at radius 2 is 1.71 bits per heavy atom. The first-order valence-corrected chi connectivity index (χ1v) is 11.4. The molecule has 2 aromatic rings. The first kappa shape index (κ1) is 23.7. The van der Waals surface area contributed by atoms with Crippen LogP contribution in [0.2, 0.25) is 0 Å². The third-order valence-electron chi connectivity index (χ3n) is 6.40. The lowest BCUT2D eigenvalue weighted by Crippen LogP contribution is -2.52. The number of ether oxygens (including phenoxy) is 1. The average Bonchev–Trinajstić information content (AvgIpc) is 3.54. The van der Waals surface area contributed by atoms with Crippen molar-refractivity contribution in [2.75, 3.05) is 20.2 Å². The summed E-state index contributed by atoms with van der Waals surface area (Å²) in [7, 11) is 1.57. The lowest BCUT2D eigenvalue weighted by Gasteiger charge is -2.31. The first-order valence-electron chi connectivity index (χ1n) is 11.4. The monoisotopic (exact) mass is 471 g/mol. The Labute approximate surface area is 196 Å². The van der Waals surface area contributed by atoms with E-state index in [1.54, 1.807) is 12.0 Å². The maximum atomic E-state index is 13.6. The standard InChI is InChI=1S/C25H27F2N3O4/c1-34-18-6-2-5-16(13-18)15-28-23(31)21-7-3-11-29(21)25(33)22-8-4-12-30(22)24(32)17-9-10-19(26)20(27)14-17/h2,5-6,9-10,13-14,21-22H,3-4,7-8,11-12,15H2,1H3,(H,28,31)/t21-,22-/m1/s1. The van der Waals surface area contributed by atoms with Crippen molar-refractivity contribution in [2.45, 2.75) is 44.3 Å². The van der Waals surface area contributed by atoms with E-state index in [2.05, 4.69) is 5.32 Å². The lowest BCUT2D eigenvalue weighted by molar-refractivity contribution is -0.141. The molecule has 2 aliphatic rings. The van der Waals surface area contributed by atoms with Gasteiger partial charge >= 0.3 is 0 Å². The summed E-state index contributed by atoms with van der Waals surface area (Å²) in [6.45, 7) is 1.08. The minimum absolute atomic E-state index is 0.00685. The Hall–Kier alpha value is -3.49. The maximum Gasteiger partial charge on any atom is 0.254 e. The third-order valence-corrected chi connectivity index (χ3v) is 6.40. The maximum absolute atomic E-state index is 13.6. The lowest BCUT2D eigenvalue weighted by atomic mass is 10.1. The van der Waals surface area contributed by atoms with Crippen LogP contribution in [0, 0.1) is 11.6 Å². The molecule has 0 unspecified atom stereocenters. The van der Waals surface area contributed by atoms with Crippen LogP contribution in [-0.4, -0.2) is 59.8 Å². The molecule has 2 fully saturated rings. The van der Waals surface area contributed by atoms with Gasteiger partial charge < -0.3 is 19.9 Å². The number of rotatable bonds is 6. The SMILES string of the molecule is COc1cccc(CNC(=O)[C@H]2CCCN2C(=O)[C@H]2CCCN2C(=O)c2ccc(F)c(F)c2)c1. The van der Waals surface area contributed by atoms with Crippen molar-refractivity contribution in [3.8, 4) is 5.75 Å². The third kappa shape index (κ3) is 4.88. The van der Waals surface area contributed by atoms with Crippen molar-refractivity contribution in [1.82, 2.24) is 15.1 Å². The second-order valence-corrected chi connectivity index (χ2v) is 8.54. The van der Waals surface area contributed by atoms with E-state index < -0.39 is 29.6 Å². The van der Waals surface area contributed by atoms with Gasteiger partial charge in [0.2, 0.25) is 11.8 Å². The number of benzene rings is 2. The van der Waals surface area contributed by atoms with E-state index >= 15 is 0 Å². The van der Waals surface area contributed by atoms with Crippen LogP contribution >= 0.6 is 0 Å². The molecule has 1 N–H and O–H groups in total. The predicted octanol–water partition coefficient (Wildman–Crippen LogP) is 2.89. The Balaban J connectivity index is 1.42. The second kappa shape index (κ2) is 10.2. The minimum atomic E-state index is -1.11. The second-order valence-electron chi connectivity index (χ2n) is 8.54. The van der Waals surface area contributed by atoms with Crippen LogP contribution < -0.4 is 10.1 Å². The summed E-state index contributed by atoms with van der Waals surface area (Å²) in [5.41, 5.74) is 0.871. The van der Waals surface area contributed by atoms with E-state index in [4.69, 9.17) is 4.74 Å². The Morgan fingerprint density at radius 3 is 2.44 bits per heavy atom. The van der Waals surface area contributed by atoms with Crippen LogP contribution in [-0.2, 0) is 16.1 Å². The molecule has 0 saturated carbocycles. The summed E-state index contributed by atoms with van der Waals surface area (Å²) in [5.74, 6) is -2.51. The molecule has 0 spiro atoms. The number of nitrogens with one attached hydrogen (secondary N) is 1. The molecule has 0 radical (unpaired) electrons. The smallest absolute Gasteiger partial charge is 0.254 e. The molecular formula is C25H27F2N3O4. The summed E-state index contributed by atoms with van der Waals surface area (Å²) < 4.78 is 32.1. The van der Waals surface area contributed by atoms with E-state index in [9.17, 15) is 23.2 Å². The van der Waals surface area contributed by atoms with Crippen molar-refractivity contribution >= 4 is 17.7 Å². The molecule has 3 amide bonds. The molecule has 0 aromatic heterocycles. The highest BCUT2D eigenvalue weighted by Gasteiger charge is 2.42. The van der Waals surface area contributed by atoms with Gasteiger partial charge in [0, 0.05) is 25.2 Å². The Morgan fingerprint density at radius 1 is 0.971 bits per heavy atom. The molecule has 0 aliphatic carbocycles. The number of amides is 3. The fourth-order valence-electron chi connectivity index (χ4n) is 4.65. The topological polar surface area (TPSA) is 79.0 Å². The number of carbonyl (C=O) groups excluding carboxylic acids is 3. The van der Waals surface area contributed by atoms with Crippen molar-refractivity contribution in [3.05, 3.63) is 65.2 Å². The van der Waals surface area contributed by atoms with Crippen molar-refractivity contribution in [3.63, 3.8) is 0 Å². The molecule has 2 atom stereocenters. The summed E-state index contributed by atoms with van der Waals surface area (Å²) in [6, 6.07) is 8.99. The molecule has 180 valence electrons. The van der Waals surface area contributed by atoms with Crippen LogP contribution in [0.1, 0.15) is 41.6 Å². The molecule has 0 bridgehead atoms. The van der Waals surface area contributed by atoms with Gasteiger partial charge in [0.25, 0.3) is 5.91 Å². The predicted molar refractivity (Wildman–Crippen MR) is 120 cm³/mol. The van der Waals surface area contributed by atoms with E-state index in [0.717, 1.165) is 17.7 Å². The number of hydrogen-bond acceptors (Lipinski definition) is 4. The van der Waals surface area contributed by atoms with Gasteiger partial charge in [-0.3, -0.25) is 14.4 Å². The summed E-state index contributed by atoms with van der Waals surface area (Å²) in [4.78, 5) is 42.2. The van der Waals surface area contributed by atoms with Gasteiger partial charge in [0.05, 0.1) is 7.11 Å². The summed E-state index contributed by atoms with van der Waals surface area (Å²) >= 11 is 0. The number of nitrogens with zero attached hydrogens (tertiary/aromatic N) is 2. The molecule has 2 aliphatic heterocycles. The van der Waals surface area contributed by atoms with Gasteiger partial charge in [0.15, 0.2) is 11.6 Å². The van der Waals surface area contributed by atoms with Gasteiger partial charge in [-0.05, 0) is 61.6 Å². The fourth-order valence-corrected chi connectivity index (χ4v) is 4.65. The molecule has 34 heavy (non-hydrogen) atoms. The number of halogens is 2. The molecular weight excluding hydrogens is 444 g/mol. The van der Waals surface area contributed by atoms with Gasteiger partial charge in [-0.25, -0.2) is 8.78 Å². The van der Waals surface area contributed by atoms with Crippen LogP contribution in [0.15, 0.2) is 42.5 Å². The van der Waals surface area contributed by atoms with Crippen LogP contribution in [0.5, 0.6) is 5.75 Å². The van der Waals surface area contributed by atoms with Crippen LogP contribution in [0.3, 0.4) is 0 Å². The molecule has 4 rings (SSSR count). The van der Waals surface area contributed by atoms with Crippen LogP contribution in [0.4, 0.5) is 8.78 Å². The van der Waals surface area contributed by atoms with Crippen molar-refractivity contribution in [1.29, 1.82) is 0 Å². The molecule has 2 saturated heterocycles. The highest BCUT2D eigenvalue weighted by atomic mass is 19.2. The number of carbonyl (C=O) groups is 3. The highest BCUT2D eigenvalue weighted by Crippen LogP contribution is 2.27. The zero-order chi connectivity index (χ0) is 24.2. The highest BCUT2D eigenvalue weighted by molar-refractivity contribution is 5.99. The zero-order valence-corrected chi connectivity index (χ0v) is 18.9. The fraction of sp³-hybridized carbons (Fsp3) is 0.400. The van der Waals surface area contributed by atoms with Gasteiger partial charge in [-0.15, -0.1) is 0 Å². The van der Waals surface area contributed by atoms with Gasteiger partial charge in [-0.1, -0.05) is 12.1 Å². The zero-order valence-electron chi connectivity index (χ0n) is 18.9. The van der Waals surface area contributed by atoms with Crippen molar-refractivity contribution < 1.29 is 27.9 Å². The van der Waals surface area contributed by atoms with Crippen molar-refractivity contribution in [2.24, 2.45) is 0 Å². The summed E-state index contributed by atoms with van der Waals surface area (Å²) in [5, 5.41) is 2.89. The Bertz CT molecular complexity index is 1090. The first-order chi connectivity index (χ1) is 16.4. The van der Waals surface area contributed by atoms with E-state index in [1.165, 1.54) is 11.0 Å². The minimum Gasteiger partial charge on any atom is -0.497 e.